The molecule has 7 nitrogen and oxygen atoms in total. The number of guanidine groups is 1. The molecule has 0 radical (unpaired) electrons. The molecule has 0 heterocycles. The molecular formula is C15H26IN5O2S. The summed E-state index contributed by atoms with van der Waals surface area (Å²) in [7, 11) is -3.47. The highest BCUT2D eigenvalue weighted by molar-refractivity contribution is 14.0. The number of aliphatic imine (C=N–C) groups is 1. The summed E-state index contributed by atoms with van der Waals surface area (Å²) in [5.41, 5.74) is 9.50. The SMILES string of the molecule is CC(C)NS(=O)(=O)NCCN=C(N)Nc1ccc2c(c1)CCC2.I. The van der Waals surface area contributed by atoms with E-state index in [2.05, 4.69) is 31.9 Å². The molecule has 0 aromatic heterocycles. The van der Waals surface area contributed by atoms with Crippen molar-refractivity contribution in [3.63, 3.8) is 0 Å². The van der Waals surface area contributed by atoms with Gasteiger partial charge in [0, 0.05) is 18.3 Å². The molecule has 1 aliphatic rings. The molecular weight excluding hydrogens is 441 g/mol. The van der Waals surface area contributed by atoms with Crippen LogP contribution in [0.3, 0.4) is 0 Å². The van der Waals surface area contributed by atoms with Crippen LogP contribution in [0, 0.1) is 0 Å². The van der Waals surface area contributed by atoms with Crippen LogP contribution in [0.5, 0.6) is 0 Å². The minimum Gasteiger partial charge on any atom is -0.370 e. The molecule has 1 aromatic rings. The molecule has 5 N–H and O–H groups in total. The monoisotopic (exact) mass is 467 g/mol. The minimum absolute atomic E-state index is 0. The lowest BCUT2D eigenvalue weighted by molar-refractivity contribution is 0.555. The average Bonchev–Trinajstić information content (AvgIpc) is 2.89. The number of hydrogen-bond acceptors (Lipinski definition) is 3. The first kappa shape index (κ1) is 21.1. The second-order valence-corrected chi connectivity index (χ2v) is 7.43. The fourth-order valence-corrected chi connectivity index (χ4v) is 3.61. The van der Waals surface area contributed by atoms with E-state index in [1.807, 2.05) is 6.07 Å². The van der Waals surface area contributed by atoms with Crippen LogP contribution < -0.4 is 20.5 Å². The van der Waals surface area contributed by atoms with Crippen molar-refractivity contribution in [3.8, 4) is 0 Å². The summed E-state index contributed by atoms with van der Waals surface area (Å²) in [6, 6.07) is 6.05. The molecule has 136 valence electrons. The fourth-order valence-electron chi connectivity index (χ4n) is 2.55. The molecule has 1 aliphatic carbocycles. The summed E-state index contributed by atoms with van der Waals surface area (Å²) in [6.07, 6.45) is 3.45. The summed E-state index contributed by atoms with van der Waals surface area (Å²) in [6.45, 7) is 3.98. The Labute approximate surface area is 161 Å². The number of nitrogens with one attached hydrogen (secondary N) is 3. The van der Waals surface area contributed by atoms with E-state index < -0.39 is 10.2 Å². The van der Waals surface area contributed by atoms with Gasteiger partial charge < -0.3 is 11.1 Å². The van der Waals surface area contributed by atoms with Crippen molar-refractivity contribution in [2.45, 2.75) is 39.2 Å². The Morgan fingerprint density at radius 3 is 2.71 bits per heavy atom. The van der Waals surface area contributed by atoms with Crippen LogP contribution in [-0.2, 0) is 23.1 Å². The fraction of sp³-hybridized carbons (Fsp3) is 0.533. The lowest BCUT2D eigenvalue weighted by atomic mass is 10.1. The number of aryl methyl sites for hydroxylation is 2. The molecule has 0 saturated heterocycles. The smallest absolute Gasteiger partial charge is 0.277 e. The van der Waals surface area contributed by atoms with E-state index in [4.69, 9.17) is 5.73 Å². The zero-order valence-corrected chi connectivity index (χ0v) is 17.1. The van der Waals surface area contributed by atoms with Crippen LogP contribution in [-0.4, -0.2) is 33.5 Å². The zero-order valence-electron chi connectivity index (χ0n) is 14.0. The van der Waals surface area contributed by atoms with Crippen molar-refractivity contribution in [1.82, 2.24) is 9.44 Å². The van der Waals surface area contributed by atoms with Gasteiger partial charge in [0.2, 0.25) is 0 Å². The molecule has 2 rings (SSSR count). The van der Waals surface area contributed by atoms with E-state index >= 15 is 0 Å². The van der Waals surface area contributed by atoms with E-state index in [0.717, 1.165) is 18.5 Å². The molecule has 0 spiro atoms. The van der Waals surface area contributed by atoms with Gasteiger partial charge in [0.15, 0.2) is 5.96 Å². The third kappa shape index (κ3) is 6.91. The number of hydrogen-bond donors (Lipinski definition) is 4. The molecule has 0 unspecified atom stereocenters. The van der Waals surface area contributed by atoms with Gasteiger partial charge in [-0.1, -0.05) is 6.07 Å². The van der Waals surface area contributed by atoms with E-state index in [-0.39, 0.29) is 49.1 Å². The van der Waals surface area contributed by atoms with E-state index in [1.54, 1.807) is 13.8 Å². The summed E-state index contributed by atoms with van der Waals surface area (Å²) in [5.74, 6) is 0.277. The molecule has 0 atom stereocenters. The largest absolute Gasteiger partial charge is 0.370 e. The van der Waals surface area contributed by atoms with Crippen LogP contribution in [0.25, 0.3) is 0 Å². The Balaban J connectivity index is 0.00000288. The maximum absolute atomic E-state index is 11.6. The molecule has 24 heavy (non-hydrogen) atoms. The third-order valence-electron chi connectivity index (χ3n) is 3.45. The number of benzene rings is 1. The molecule has 0 fully saturated rings. The summed E-state index contributed by atoms with van der Waals surface area (Å²) in [5, 5.41) is 3.04. The number of fused-ring (bicyclic) bond motifs is 1. The van der Waals surface area contributed by atoms with Gasteiger partial charge in [-0.2, -0.15) is 13.1 Å². The highest BCUT2D eigenvalue weighted by Crippen LogP contribution is 2.24. The average molecular weight is 467 g/mol. The highest BCUT2D eigenvalue weighted by atomic mass is 127. The second kappa shape index (κ2) is 9.54. The Kier molecular flexibility index (Phi) is 8.40. The lowest BCUT2D eigenvalue weighted by Gasteiger charge is -2.10. The first-order chi connectivity index (χ1) is 10.9. The summed E-state index contributed by atoms with van der Waals surface area (Å²) >= 11 is 0. The molecule has 0 aliphatic heterocycles. The predicted molar refractivity (Wildman–Crippen MR) is 109 cm³/mol. The van der Waals surface area contributed by atoms with Gasteiger partial charge in [-0.15, -0.1) is 24.0 Å². The van der Waals surface area contributed by atoms with Crippen molar-refractivity contribution in [3.05, 3.63) is 29.3 Å². The van der Waals surface area contributed by atoms with Crippen molar-refractivity contribution in [1.29, 1.82) is 0 Å². The standard InChI is InChI=1S/C15H25N5O2S.HI/c1-11(2)20-23(21,22)18-9-8-17-15(16)19-14-7-6-12-4-3-5-13(12)10-14;/h6-7,10-11,18,20H,3-5,8-9H2,1-2H3,(H3,16,17,19);1H. The second-order valence-electron chi connectivity index (χ2n) is 5.90. The normalized spacial score (nSPS) is 14.4. The molecule has 0 amide bonds. The van der Waals surface area contributed by atoms with Crippen LogP contribution in [0.2, 0.25) is 0 Å². The summed E-state index contributed by atoms with van der Waals surface area (Å²) < 4.78 is 28.0. The third-order valence-corrected chi connectivity index (χ3v) is 4.81. The van der Waals surface area contributed by atoms with Gasteiger partial charge in [-0.05, 0) is 56.4 Å². The zero-order chi connectivity index (χ0) is 16.9. The van der Waals surface area contributed by atoms with Gasteiger partial charge in [0.25, 0.3) is 10.2 Å². The van der Waals surface area contributed by atoms with Gasteiger partial charge in [-0.3, -0.25) is 4.99 Å². The van der Waals surface area contributed by atoms with Crippen molar-refractivity contribution in [2.75, 3.05) is 18.4 Å². The van der Waals surface area contributed by atoms with Crippen LogP contribution >= 0.6 is 24.0 Å². The Bertz CT molecular complexity index is 676. The molecule has 0 saturated carbocycles. The van der Waals surface area contributed by atoms with Gasteiger partial charge >= 0.3 is 0 Å². The number of halogens is 1. The molecule has 1 aromatic carbocycles. The maximum atomic E-state index is 11.6. The molecule has 0 bridgehead atoms. The van der Waals surface area contributed by atoms with E-state index in [1.165, 1.54) is 17.5 Å². The van der Waals surface area contributed by atoms with Gasteiger partial charge in [0.05, 0.1) is 6.54 Å². The van der Waals surface area contributed by atoms with E-state index in [9.17, 15) is 8.42 Å². The lowest BCUT2D eigenvalue weighted by Crippen LogP contribution is -2.41. The Morgan fingerprint density at radius 2 is 2.00 bits per heavy atom. The Morgan fingerprint density at radius 1 is 1.29 bits per heavy atom. The first-order valence-corrected chi connectivity index (χ1v) is 9.30. The van der Waals surface area contributed by atoms with Crippen molar-refractivity contribution >= 4 is 45.8 Å². The number of rotatable bonds is 7. The molecule has 9 heteroatoms. The van der Waals surface area contributed by atoms with Crippen molar-refractivity contribution < 1.29 is 8.42 Å². The number of anilines is 1. The Hall–Kier alpha value is -0.910. The predicted octanol–water partition coefficient (Wildman–Crippen LogP) is 1.35. The number of nitrogens with zero attached hydrogens (tertiary/aromatic N) is 1. The highest BCUT2D eigenvalue weighted by Gasteiger charge is 2.11. The van der Waals surface area contributed by atoms with Gasteiger partial charge in [0.1, 0.15) is 0 Å². The van der Waals surface area contributed by atoms with Crippen LogP contribution in [0.15, 0.2) is 23.2 Å². The maximum Gasteiger partial charge on any atom is 0.277 e. The van der Waals surface area contributed by atoms with Crippen molar-refractivity contribution in [2.24, 2.45) is 10.7 Å². The minimum atomic E-state index is -3.47. The van der Waals surface area contributed by atoms with Gasteiger partial charge in [-0.25, -0.2) is 4.72 Å². The number of nitrogens with two attached hydrogens (primary N) is 1. The topological polar surface area (TPSA) is 109 Å². The first-order valence-electron chi connectivity index (χ1n) is 7.81. The van der Waals surface area contributed by atoms with E-state index in [0.29, 0.717) is 0 Å². The summed E-state index contributed by atoms with van der Waals surface area (Å²) in [4.78, 5) is 4.12. The van der Waals surface area contributed by atoms with Crippen LogP contribution in [0.1, 0.15) is 31.4 Å². The quantitative estimate of drug-likeness (QED) is 0.210. The van der Waals surface area contributed by atoms with Crippen LogP contribution in [0.4, 0.5) is 5.69 Å².